The lowest BCUT2D eigenvalue weighted by Gasteiger charge is -2.30. The average Bonchev–Trinajstić information content (AvgIpc) is 3.16. The standard InChI is InChI=1S/C20H24N6O2/c1-24-8-6-16(13-24)25(2)20(28)14-9-17-19(22-10-14)23-11-18(27)26(17)12-15-5-3-4-7-21-15/h3-5,7,9-10,16H,6,8,11-13H2,1-2H3,(H,22,23). The van der Waals surface area contributed by atoms with Crippen LogP contribution < -0.4 is 10.2 Å². The van der Waals surface area contributed by atoms with E-state index in [1.807, 2.05) is 25.2 Å². The molecule has 2 amide bonds. The highest BCUT2D eigenvalue weighted by molar-refractivity contribution is 6.04. The molecule has 1 unspecified atom stereocenters. The van der Waals surface area contributed by atoms with E-state index in [4.69, 9.17) is 0 Å². The number of aromatic nitrogens is 2. The lowest BCUT2D eigenvalue weighted by Crippen LogP contribution is -2.41. The number of likely N-dealkylation sites (tertiary alicyclic amines) is 1. The fourth-order valence-corrected chi connectivity index (χ4v) is 3.73. The lowest BCUT2D eigenvalue weighted by molar-refractivity contribution is -0.117. The van der Waals surface area contributed by atoms with E-state index in [0.29, 0.717) is 23.6 Å². The van der Waals surface area contributed by atoms with Crippen LogP contribution in [0, 0.1) is 0 Å². The number of nitrogens with zero attached hydrogens (tertiary/aromatic N) is 5. The van der Waals surface area contributed by atoms with Crippen LogP contribution in [0.5, 0.6) is 0 Å². The summed E-state index contributed by atoms with van der Waals surface area (Å²) in [6.45, 7) is 2.37. The number of pyridine rings is 2. The second-order valence-corrected chi connectivity index (χ2v) is 7.37. The van der Waals surface area contributed by atoms with Crippen molar-refractivity contribution in [2.75, 3.05) is 43.9 Å². The van der Waals surface area contributed by atoms with Crippen LogP contribution in [0.25, 0.3) is 0 Å². The highest BCUT2D eigenvalue weighted by atomic mass is 16.2. The van der Waals surface area contributed by atoms with Crippen molar-refractivity contribution in [2.24, 2.45) is 0 Å². The fraction of sp³-hybridized carbons (Fsp3) is 0.400. The summed E-state index contributed by atoms with van der Waals surface area (Å²) in [5.41, 5.74) is 1.88. The predicted octanol–water partition coefficient (Wildman–Crippen LogP) is 1.21. The van der Waals surface area contributed by atoms with Crippen LogP contribution in [0.3, 0.4) is 0 Å². The van der Waals surface area contributed by atoms with Gasteiger partial charge in [-0.15, -0.1) is 0 Å². The van der Waals surface area contributed by atoms with Gasteiger partial charge >= 0.3 is 0 Å². The van der Waals surface area contributed by atoms with E-state index in [1.54, 1.807) is 28.3 Å². The number of carbonyl (C=O) groups excluding carboxylic acids is 2. The third-order valence-electron chi connectivity index (χ3n) is 5.39. The maximum absolute atomic E-state index is 13.0. The quantitative estimate of drug-likeness (QED) is 0.859. The summed E-state index contributed by atoms with van der Waals surface area (Å²) in [6.07, 6.45) is 4.25. The van der Waals surface area contributed by atoms with Crippen LogP contribution in [0.15, 0.2) is 36.7 Å². The molecule has 1 N–H and O–H groups in total. The molecule has 0 radical (unpaired) electrons. The maximum Gasteiger partial charge on any atom is 0.255 e. The molecule has 1 atom stereocenters. The Morgan fingerprint density at radius 3 is 2.93 bits per heavy atom. The third-order valence-corrected chi connectivity index (χ3v) is 5.39. The first kappa shape index (κ1) is 18.4. The van der Waals surface area contributed by atoms with Crippen molar-refractivity contribution in [2.45, 2.75) is 19.0 Å². The molecule has 4 heterocycles. The van der Waals surface area contributed by atoms with Gasteiger partial charge in [-0.2, -0.15) is 0 Å². The molecule has 2 aromatic rings. The SMILES string of the molecule is CN1CCC(N(C)C(=O)c2cnc3c(c2)N(Cc2ccccn2)C(=O)CN3)C1. The molecule has 0 saturated carbocycles. The normalized spacial score (nSPS) is 19.3. The highest BCUT2D eigenvalue weighted by Gasteiger charge is 2.30. The van der Waals surface area contributed by atoms with E-state index >= 15 is 0 Å². The van der Waals surface area contributed by atoms with Gasteiger partial charge in [0.1, 0.15) is 0 Å². The lowest BCUT2D eigenvalue weighted by atomic mass is 10.1. The second-order valence-electron chi connectivity index (χ2n) is 7.37. The summed E-state index contributed by atoms with van der Waals surface area (Å²) in [5.74, 6) is 0.456. The molecule has 2 aliphatic heterocycles. The van der Waals surface area contributed by atoms with Crippen LogP contribution in [-0.4, -0.2) is 71.4 Å². The topological polar surface area (TPSA) is 81.7 Å². The number of amides is 2. The van der Waals surface area contributed by atoms with Crippen molar-refractivity contribution in [3.63, 3.8) is 0 Å². The number of fused-ring (bicyclic) bond motifs is 1. The summed E-state index contributed by atoms with van der Waals surface area (Å²) in [7, 11) is 3.90. The van der Waals surface area contributed by atoms with Gasteiger partial charge in [0.25, 0.3) is 5.91 Å². The van der Waals surface area contributed by atoms with Gasteiger partial charge in [0, 0.05) is 32.0 Å². The van der Waals surface area contributed by atoms with Crippen molar-refractivity contribution < 1.29 is 9.59 Å². The number of hydrogen-bond acceptors (Lipinski definition) is 6. The number of likely N-dealkylation sites (N-methyl/N-ethyl adjacent to an activating group) is 2. The van der Waals surface area contributed by atoms with Gasteiger partial charge in [0.15, 0.2) is 5.82 Å². The third kappa shape index (κ3) is 3.55. The van der Waals surface area contributed by atoms with Crippen LogP contribution in [0.2, 0.25) is 0 Å². The Hall–Kier alpha value is -3.00. The Morgan fingerprint density at radius 1 is 1.36 bits per heavy atom. The number of hydrogen-bond donors (Lipinski definition) is 1. The van der Waals surface area contributed by atoms with Crippen molar-refractivity contribution in [1.29, 1.82) is 0 Å². The maximum atomic E-state index is 13.0. The highest BCUT2D eigenvalue weighted by Crippen LogP contribution is 2.30. The summed E-state index contributed by atoms with van der Waals surface area (Å²) >= 11 is 0. The van der Waals surface area contributed by atoms with Crippen LogP contribution in [-0.2, 0) is 11.3 Å². The fourth-order valence-electron chi connectivity index (χ4n) is 3.73. The van der Waals surface area contributed by atoms with Crippen LogP contribution in [0.1, 0.15) is 22.5 Å². The summed E-state index contributed by atoms with van der Waals surface area (Å²) < 4.78 is 0. The molecule has 0 aromatic carbocycles. The molecule has 1 fully saturated rings. The molecular weight excluding hydrogens is 356 g/mol. The molecular formula is C20H24N6O2. The first-order valence-electron chi connectivity index (χ1n) is 9.43. The minimum Gasteiger partial charge on any atom is -0.359 e. The Bertz CT molecular complexity index is 888. The number of anilines is 2. The van der Waals surface area contributed by atoms with E-state index < -0.39 is 0 Å². The number of carbonyl (C=O) groups is 2. The molecule has 146 valence electrons. The molecule has 2 aliphatic rings. The summed E-state index contributed by atoms with van der Waals surface area (Å²) in [5, 5.41) is 3.03. The minimum absolute atomic E-state index is 0.0738. The first-order chi connectivity index (χ1) is 13.5. The van der Waals surface area contributed by atoms with Crippen molar-refractivity contribution in [3.8, 4) is 0 Å². The van der Waals surface area contributed by atoms with Crippen molar-refractivity contribution in [3.05, 3.63) is 47.9 Å². The minimum atomic E-state index is -0.0774. The van der Waals surface area contributed by atoms with Gasteiger partial charge in [0.2, 0.25) is 5.91 Å². The van der Waals surface area contributed by atoms with Crippen LogP contribution >= 0.6 is 0 Å². The van der Waals surface area contributed by atoms with Crippen molar-refractivity contribution in [1.82, 2.24) is 19.8 Å². The predicted molar refractivity (Wildman–Crippen MR) is 106 cm³/mol. The van der Waals surface area contributed by atoms with Gasteiger partial charge in [0.05, 0.1) is 30.0 Å². The first-order valence-corrected chi connectivity index (χ1v) is 9.43. The molecule has 8 heteroatoms. The van der Waals surface area contributed by atoms with E-state index in [-0.39, 0.29) is 24.4 Å². The van der Waals surface area contributed by atoms with Gasteiger partial charge in [-0.1, -0.05) is 6.07 Å². The largest absolute Gasteiger partial charge is 0.359 e. The number of rotatable bonds is 4. The molecule has 28 heavy (non-hydrogen) atoms. The zero-order valence-corrected chi connectivity index (χ0v) is 16.1. The Labute approximate surface area is 164 Å². The Kier molecular flexibility index (Phi) is 4.95. The molecule has 0 spiro atoms. The van der Waals surface area contributed by atoms with Gasteiger partial charge in [-0.05, 0) is 38.2 Å². The molecule has 4 rings (SSSR count). The average molecular weight is 380 g/mol. The van der Waals surface area contributed by atoms with E-state index in [1.165, 1.54) is 0 Å². The van der Waals surface area contributed by atoms with E-state index in [0.717, 1.165) is 25.2 Å². The monoisotopic (exact) mass is 380 g/mol. The van der Waals surface area contributed by atoms with E-state index in [9.17, 15) is 9.59 Å². The Balaban J connectivity index is 1.60. The smallest absolute Gasteiger partial charge is 0.255 e. The zero-order valence-electron chi connectivity index (χ0n) is 16.1. The summed E-state index contributed by atoms with van der Waals surface area (Å²) in [4.78, 5) is 39.9. The molecule has 2 aromatic heterocycles. The number of nitrogens with one attached hydrogen (secondary N) is 1. The molecule has 8 nitrogen and oxygen atoms in total. The van der Waals surface area contributed by atoms with Gasteiger partial charge in [-0.3, -0.25) is 14.6 Å². The van der Waals surface area contributed by atoms with Gasteiger partial charge < -0.3 is 20.0 Å². The van der Waals surface area contributed by atoms with E-state index in [2.05, 4.69) is 27.2 Å². The second kappa shape index (κ2) is 7.55. The molecule has 1 saturated heterocycles. The van der Waals surface area contributed by atoms with Crippen molar-refractivity contribution >= 4 is 23.3 Å². The zero-order chi connectivity index (χ0) is 19.7. The van der Waals surface area contributed by atoms with Gasteiger partial charge in [-0.25, -0.2) is 4.98 Å². The van der Waals surface area contributed by atoms with Crippen LogP contribution in [0.4, 0.5) is 11.5 Å². The molecule has 0 aliphatic carbocycles. The molecule has 0 bridgehead atoms. The Morgan fingerprint density at radius 2 is 2.21 bits per heavy atom. The summed E-state index contributed by atoms with van der Waals surface area (Å²) in [6, 6.07) is 7.56.